The summed E-state index contributed by atoms with van der Waals surface area (Å²) in [4.78, 5) is 27.8. The first-order valence-corrected chi connectivity index (χ1v) is 5.81. The lowest BCUT2D eigenvalue weighted by Gasteiger charge is -2.16. The summed E-state index contributed by atoms with van der Waals surface area (Å²) >= 11 is 5.63. The van der Waals surface area contributed by atoms with E-state index in [-0.39, 0.29) is 16.2 Å². The van der Waals surface area contributed by atoms with Gasteiger partial charge in [-0.2, -0.15) is 13.2 Å². The van der Waals surface area contributed by atoms with Gasteiger partial charge in [-0.05, 0) is 25.5 Å². The minimum atomic E-state index is -4.60. The van der Waals surface area contributed by atoms with Crippen molar-refractivity contribution < 1.29 is 22.8 Å². The summed E-state index contributed by atoms with van der Waals surface area (Å²) < 4.78 is 38.4. The standard InChI is InChI=1S/C12H8ClF3N2O2/c1-5-4-17-8(3-7(5)12(14,15)16)18-10(19)6(2)9(13)11(18)20/h3-4H,1-2H3. The Kier molecular flexibility index (Phi) is 3.33. The molecule has 8 heteroatoms. The SMILES string of the molecule is CC1=C(Cl)C(=O)N(c2cc(C(F)(F)F)c(C)cn2)C1=O. The molecule has 1 aromatic rings. The number of imide groups is 1. The molecule has 106 valence electrons. The molecule has 1 aromatic heterocycles. The normalized spacial score (nSPS) is 16.4. The molecule has 0 aromatic carbocycles. The Hall–Kier alpha value is -1.89. The van der Waals surface area contributed by atoms with Crippen LogP contribution in [0.3, 0.4) is 0 Å². The number of hydrogen-bond donors (Lipinski definition) is 0. The Bertz CT molecular complexity index is 629. The minimum Gasteiger partial charge on any atom is -0.268 e. The zero-order chi connectivity index (χ0) is 15.2. The molecule has 20 heavy (non-hydrogen) atoms. The number of carbonyl (C=O) groups is 2. The fourth-order valence-electron chi connectivity index (χ4n) is 1.76. The lowest BCUT2D eigenvalue weighted by molar-refractivity contribution is -0.138. The van der Waals surface area contributed by atoms with Crippen LogP contribution in [0.25, 0.3) is 0 Å². The second kappa shape index (κ2) is 4.59. The van der Waals surface area contributed by atoms with Crippen LogP contribution in [-0.4, -0.2) is 16.8 Å². The van der Waals surface area contributed by atoms with Crippen molar-refractivity contribution in [3.8, 4) is 0 Å². The Morgan fingerprint density at radius 2 is 1.80 bits per heavy atom. The van der Waals surface area contributed by atoms with Crippen LogP contribution in [0, 0.1) is 6.92 Å². The highest BCUT2D eigenvalue weighted by molar-refractivity contribution is 6.52. The van der Waals surface area contributed by atoms with Crippen LogP contribution in [0.5, 0.6) is 0 Å². The molecule has 0 unspecified atom stereocenters. The highest BCUT2D eigenvalue weighted by Gasteiger charge is 2.39. The molecule has 0 aliphatic carbocycles. The molecule has 0 bridgehead atoms. The van der Waals surface area contributed by atoms with Gasteiger partial charge in [0.25, 0.3) is 11.8 Å². The van der Waals surface area contributed by atoms with Gasteiger partial charge in [-0.25, -0.2) is 9.88 Å². The number of alkyl halides is 3. The maximum atomic E-state index is 12.8. The molecule has 4 nitrogen and oxygen atoms in total. The molecular formula is C12H8ClF3N2O2. The van der Waals surface area contributed by atoms with Crippen molar-refractivity contribution in [2.45, 2.75) is 20.0 Å². The predicted molar refractivity (Wildman–Crippen MR) is 65.0 cm³/mol. The number of hydrogen-bond acceptors (Lipinski definition) is 3. The summed E-state index contributed by atoms with van der Waals surface area (Å²) in [5.41, 5.74) is -1.08. The number of rotatable bonds is 1. The largest absolute Gasteiger partial charge is 0.416 e. The lowest BCUT2D eigenvalue weighted by Crippen LogP contribution is -2.32. The summed E-state index contributed by atoms with van der Waals surface area (Å²) in [6.45, 7) is 2.56. The van der Waals surface area contributed by atoms with Gasteiger partial charge >= 0.3 is 6.18 Å². The van der Waals surface area contributed by atoms with E-state index in [0.29, 0.717) is 11.0 Å². The summed E-state index contributed by atoms with van der Waals surface area (Å²) in [5.74, 6) is -2.05. The molecule has 2 amide bonds. The quantitative estimate of drug-likeness (QED) is 0.750. The van der Waals surface area contributed by atoms with Gasteiger partial charge in [0.15, 0.2) is 0 Å². The smallest absolute Gasteiger partial charge is 0.268 e. The summed E-state index contributed by atoms with van der Waals surface area (Å²) in [7, 11) is 0. The average molecular weight is 305 g/mol. The first kappa shape index (κ1) is 14.5. The van der Waals surface area contributed by atoms with E-state index in [1.54, 1.807) is 0 Å². The van der Waals surface area contributed by atoms with Gasteiger partial charge in [-0.15, -0.1) is 0 Å². The molecule has 0 fully saturated rings. The van der Waals surface area contributed by atoms with Crippen molar-refractivity contribution in [1.29, 1.82) is 0 Å². The van der Waals surface area contributed by atoms with Crippen LogP contribution >= 0.6 is 11.6 Å². The van der Waals surface area contributed by atoms with E-state index < -0.39 is 29.4 Å². The highest BCUT2D eigenvalue weighted by Crippen LogP contribution is 2.35. The maximum absolute atomic E-state index is 12.8. The van der Waals surface area contributed by atoms with E-state index in [4.69, 9.17) is 11.6 Å². The third-order valence-electron chi connectivity index (χ3n) is 2.87. The number of aryl methyl sites for hydroxylation is 1. The van der Waals surface area contributed by atoms with Crippen LogP contribution in [-0.2, 0) is 15.8 Å². The summed E-state index contributed by atoms with van der Waals surface area (Å²) in [6, 6.07) is 0.661. The minimum absolute atomic E-state index is 0.0207. The van der Waals surface area contributed by atoms with Gasteiger partial charge < -0.3 is 0 Å². The zero-order valence-corrected chi connectivity index (χ0v) is 11.1. The Labute approximate surface area is 116 Å². The topological polar surface area (TPSA) is 50.3 Å². The van der Waals surface area contributed by atoms with Gasteiger partial charge in [0, 0.05) is 11.8 Å². The van der Waals surface area contributed by atoms with E-state index >= 15 is 0 Å². The number of amides is 2. The number of nitrogens with zero attached hydrogens (tertiary/aromatic N) is 2. The molecular weight excluding hydrogens is 297 g/mol. The third-order valence-corrected chi connectivity index (χ3v) is 3.31. The van der Waals surface area contributed by atoms with Crippen molar-refractivity contribution in [3.63, 3.8) is 0 Å². The van der Waals surface area contributed by atoms with Crippen LogP contribution in [0.15, 0.2) is 22.9 Å². The maximum Gasteiger partial charge on any atom is 0.416 e. The van der Waals surface area contributed by atoms with E-state index in [0.717, 1.165) is 6.20 Å². The summed E-state index contributed by atoms with van der Waals surface area (Å²) in [5, 5.41) is -0.314. The molecule has 1 aliphatic heterocycles. The van der Waals surface area contributed by atoms with Gasteiger partial charge in [0.1, 0.15) is 10.9 Å². The summed E-state index contributed by atoms with van der Waals surface area (Å²) in [6.07, 6.45) is -3.64. The zero-order valence-electron chi connectivity index (χ0n) is 10.4. The van der Waals surface area contributed by atoms with Crippen molar-refractivity contribution >= 4 is 29.2 Å². The van der Waals surface area contributed by atoms with Crippen molar-refractivity contribution in [2.75, 3.05) is 4.90 Å². The number of carbonyl (C=O) groups excluding carboxylic acids is 2. The number of pyridine rings is 1. The molecule has 0 radical (unpaired) electrons. The molecule has 2 heterocycles. The second-order valence-corrected chi connectivity index (χ2v) is 4.62. The predicted octanol–water partition coefficient (Wildman–Crippen LogP) is 2.79. The van der Waals surface area contributed by atoms with Crippen LogP contribution in [0.2, 0.25) is 0 Å². The molecule has 0 spiro atoms. The van der Waals surface area contributed by atoms with E-state index in [9.17, 15) is 22.8 Å². The van der Waals surface area contributed by atoms with Crippen LogP contribution in [0.1, 0.15) is 18.1 Å². The number of halogens is 4. The van der Waals surface area contributed by atoms with Crippen molar-refractivity contribution in [1.82, 2.24) is 4.98 Å². The Morgan fingerprint density at radius 3 is 2.25 bits per heavy atom. The second-order valence-electron chi connectivity index (χ2n) is 4.24. The Morgan fingerprint density at radius 1 is 1.20 bits per heavy atom. The fourth-order valence-corrected chi connectivity index (χ4v) is 1.93. The monoisotopic (exact) mass is 304 g/mol. The molecule has 0 N–H and O–H groups in total. The van der Waals surface area contributed by atoms with E-state index in [1.807, 2.05) is 0 Å². The molecule has 2 rings (SSSR count). The highest BCUT2D eigenvalue weighted by atomic mass is 35.5. The average Bonchev–Trinajstić information content (AvgIpc) is 2.54. The lowest BCUT2D eigenvalue weighted by atomic mass is 10.1. The number of anilines is 1. The van der Waals surface area contributed by atoms with Crippen molar-refractivity contribution in [2.24, 2.45) is 0 Å². The van der Waals surface area contributed by atoms with E-state index in [1.165, 1.54) is 13.8 Å². The van der Waals surface area contributed by atoms with Gasteiger partial charge in [-0.3, -0.25) is 9.59 Å². The first-order chi connectivity index (χ1) is 9.14. The van der Waals surface area contributed by atoms with Gasteiger partial charge in [-0.1, -0.05) is 11.6 Å². The molecule has 0 atom stereocenters. The Balaban J connectivity index is 2.52. The third kappa shape index (κ3) is 2.18. The van der Waals surface area contributed by atoms with Crippen molar-refractivity contribution in [3.05, 3.63) is 34.0 Å². The van der Waals surface area contributed by atoms with Crippen LogP contribution in [0.4, 0.5) is 19.0 Å². The van der Waals surface area contributed by atoms with Gasteiger partial charge in [0.2, 0.25) is 0 Å². The fraction of sp³-hybridized carbons (Fsp3) is 0.250. The molecule has 1 aliphatic rings. The molecule has 0 saturated carbocycles. The van der Waals surface area contributed by atoms with Gasteiger partial charge in [0.05, 0.1) is 5.56 Å². The van der Waals surface area contributed by atoms with E-state index in [2.05, 4.69) is 4.98 Å². The first-order valence-electron chi connectivity index (χ1n) is 5.43. The van der Waals surface area contributed by atoms with Crippen LogP contribution < -0.4 is 4.90 Å². The number of aromatic nitrogens is 1. The molecule has 0 saturated heterocycles.